The van der Waals surface area contributed by atoms with Gasteiger partial charge in [0.25, 0.3) is 0 Å². The SMILES string of the molecule is COc1cc(C)c(C)cc1C#CC(=O)O. The maximum atomic E-state index is 10.3. The highest BCUT2D eigenvalue weighted by Crippen LogP contribution is 2.21. The molecule has 0 aliphatic rings. The van der Waals surface area contributed by atoms with Crippen LogP contribution >= 0.6 is 0 Å². The number of hydrogen-bond donors (Lipinski definition) is 1. The summed E-state index contributed by atoms with van der Waals surface area (Å²) < 4.78 is 5.12. The van der Waals surface area contributed by atoms with Crippen molar-refractivity contribution in [2.24, 2.45) is 0 Å². The Morgan fingerprint density at radius 3 is 2.47 bits per heavy atom. The van der Waals surface area contributed by atoms with E-state index >= 15 is 0 Å². The number of hydrogen-bond acceptors (Lipinski definition) is 2. The summed E-state index contributed by atoms with van der Waals surface area (Å²) in [6.45, 7) is 3.91. The fourth-order valence-electron chi connectivity index (χ4n) is 1.18. The topological polar surface area (TPSA) is 46.5 Å². The Hall–Kier alpha value is -1.95. The Morgan fingerprint density at radius 2 is 1.93 bits per heavy atom. The summed E-state index contributed by atoms with van der Waals surface area (Å²) in [7, 11) is 1.54. The standard InChI is InChI=1S/C12H12O3/c1-8-6-10(4-5-12(13)14)11(15-3)7-9(8)2/h6-7H,1-3H3,(H,13,14). The van der Waals surface area contributed by atoms with Crippen LogP contribution in [0, 0.1) is 25.7 Å². The first-order valence-electron chi connectivity index (χ1n) is 4.44. The Balaban J connectivity index is 3.24. The minimum absolute atomic E-state index is 0.600. The van der Waals surface area contributed by atoms with Gasteiger partial charge in [0.2, 0.25) is 0 Å². The van der Waals surface area contributed by atoms with E-state index in [4.69, 9.17) is 9.84 Å². The average molecular weight is 204 g/mol. The van der Waals surface area contributed by atoms with Crippen molar-refractivity contribution >= 4 is 5.97 Å². The number of ether oxygens (including phenoxy) is 1. The molecule has 0 aliphatic carbocycles. The minimum atomic E-state index is -1.14. The molecule has 1 aromatic carbocycles. The van der Waals surface area contributed by atoms with Crippen molar-refractivity contribution in [2.45, 2.75) is 13.8 Å². The second-order valence-corrected chi connectivity index (χ2v) is 3.19. The predicted octanol–water partition coefficient (Wildman–Crippen LogP) is 1.75. The number of rotatable bonds is 1. The van der Waals surface area contributed by atoms with Gasteiger partial charge >= 0.3 is 5.97 Å². The van der Waals surface area contributed by atoms with E-state index in [0.29, 0.717) is 11.3 Å². The number of aryl methyl sites for hydroxylation is 2. The summed E-state index contributed by atoms with van der Waals surface area (Å²) in [5.41, 5.74) is 2.75. The second kappa shape index (κ2) is 4.52. The highest BCUT2D eigenvalue weighted by molar-refractivity contribution is 5.87. The van der Waals surface area contributed by atoms with E-state index < -0.39 is 5.97 Å². The molecule has 0 bridgehead atoms. The van der Waals surface area contributed by atoms with Crippen LogP contribution in [0.5, 0.6) is 5.75 Å². The van der Waals surface area contributed by atoms with Gasteiger partial charge in [0, 0.05) is 5.92 Å². The zero-order valence-corrected chi connectivity index (χ0v) is 8.92. The molecule has 0 heterocycles. The first-order valence-corrected chi connectivity index (χ1v) is 4.44. The largest absolute Gasteiger partial charge is 0.495 e. The highest BCUT2D eigenvalue weighted by Gasteiger charge is 2.03. The molecular weight excluding hydrogens is 192 g/mol. The summed E-state index contributed by atoms with van der Waals surface area (Å²) in [5, 5.41) is 8.45. The zero-order chi connectivity index (χ0) is 11.4. The van der Waals surface area contributed by atoms with Gasteiger partial charge in [0.1, 0.15) is 5.75 Å². The van der Waals surface area contributed by atoms with Gasteiger partial charge in [-0.15, -0.1) is 0 Å². The van der Waals surface area contributed by atoms with Crippen molar-refractivity contribution in [1.82, 2.24) is 0 Å². The second-order valence-electron chi connectivity index (χ2n) is 3.19. The van der Waals surface area contributed by atoms with Gasteiger partial charge in [-0.1, -0.05) is 5.92 Å². The molecule has 1 N–H and O–H groups in total. The fraction of sp³-hybridized carbons (Fsp3) is 0.250. The zero-order valence-electron chi connectivity index (χ0n) is 8.92. The molecule has 78 valence electrons. The van der Waals surface area contributed by atoms with Crippen molar-refractivity contribution in [3.05, 3.63) is 28.8 Å². The molecule has 3 heteroatoms. The quantitative estimate of drug-likeness (QED) is 0.709. The highest BCUT2D eigenvalue weighted by atomic mass is 16.5. The van der Waals surface area contributed by atoms with Gasteiger partial charge in [-0.3, -0.25) is 0 Å². The first-order chi connectivity index (χ1) is 7.04. The molecule has 0 fully saturated rings. The van der Waals surface area contributed by atoms with Crippen LogP contribution in [0.4, 0.5) is 0 Å². The molecule has 3 nitrogen and oxygen atoms in total. The molecule has 0 unspecified atom stereocenters. The molecule has 1 rings (SSSR count). The first kappa shape index (κ1) is 11.1. The minimum Gasteiger partial charge on any atom is -0.495 e. The lowest BCUT2D eigenvalue weighted by atomic mass is 10.1. The van der Waals surface area contributed by atoms with E-state index in [1.165, 1.54) is 7.11 Å². The number of carboxylic acids is 1. The summed E-state index contributed by atoms with van der Waals surface area (Å²) >= 11 is 0. The fourth-order valence-corrected chi connectivity index (χ4v) is 1.18. The van der Waals surface area contributed by atoms with Crippen molar-refractivity contribution in [3.63, 3.8) is 0 Å². The summed E-state index contributed by atoms with van der Waals surface area (Å²) in [5.74, 6) is 4.09. The van der Waals surface area contributed by atoms with Gasteiger partial charge in [0.05, 0.1) is 12.7 Å². The smallest absolute Gasteiger partial charge is 0.382 e. The van der Waals surface area contributed by atoms with Gasteiger partial charge < -0.3 is 9.84 Å². The molecule has 0 spiro atoms. The van der Waals surface area contributed by atoms with E-state index in [-0.39, 0.29) is 0 Å². The number of methoxy groups -OCH3 is 1. The molecule has 0 atom stereocenters. The Kier molecular flexibility index (Phi) is 3.35. The van der Waals surface area contributed by atoms with Crippen LogP contribution in [0.15, 0.2) is 12.1 Å². The van der Waals surface area contributed by atoms with Crippen LogP contribution in [0.25, 0.3) is 0 Å². The van der Waals surface area contributed by atoms with Crippen molar-refractivity contribution in [2.75, 3.05) is 7.11 Å². The number of carboxylic acid groups (broad SMARTS) is 1. The third kappa shape index (κ3) is 2.75. The molecule has 0 amide bonds. The molecule has 15 heavy (non-hydrogen) atoms. The van der Waals surface area contributed by atoms with E-state index in [9.17, 15) is 4.79 Å². The summed E-state index contributed by atoms with van der Waals surface area (Å²) in [6.07, 6.45) is 0. The van der Waals surface area contributed by atoms with Gasteiger partial charge in [-0.25, -0.2) is 4.79 Å². The van der Waals surface area contributed by atoms with Crippen molar-refractivity contribution in [1.29, 1.82) is 0 Å². The molecule has 0 aliphatic heterocycles. The lowest BCUT2D eigenvalue weighted by molar-refractivity contribution is -0.130. The van der Waals surface area contributed by atoms with Crippen molar-refractivity contribution < 1.29 is 14.6 Å². The molecule has 0 saturated heterocycles. The van der Waals surface area contributed by atoms with Crippen LogP contribution in [-0.2, 0) is 4.79 Å². The van der Waals surface area contributed by atoms with Crippen molar-refractivity contribution in [3.8, 4) is 17.6 Å². The molecular formula is C12H12O3. The molecule has 0 aromatic heterocycles. The van der Waals surface area contributed by atoms with Crippen LogP contribution in [0.2, 0.25) is 0 Å². The van der Waals surface area contributed by atoms with E-state index in [2.05, 4.69) is 11.8 Å². The van der Waals surface area contributed by atoms with Crippen LogP contribution in [0.1, 0.15) is 16.7 Å². The Morgan fingerprint density at radius 1 is 1.33 bits per heavy atom. The lowest BCUT2D eigenvalue weighted by Crippen LogP contribution is -1.93. The monoisotopic (exact) mass is 204 g/mol. The number of carbonyl (C=O) groups is 1. The van der Waals surface area contributed by atoms with Gasteiger partial charge in [-0.2, -0.15) is 0 Å². The third-order valence-electron chi connectivity index (χ3n) is 2.12. The van der Waals surface area contributed by atoms with E-state index in [0.717, 1.165) is 11.1 Å². The third-order valence-corrected chi connectivity index (χ3v) is 2.12. The summed E-state index contributed by atoms with van der Waals surface area (Å²) in [4.78, 5) is 10.3. The molecule has 1 aromatic rings. The van der Waals surface area contributed by atoms with Crippen LogP contribution in [-0.4, -0.2) is 18.2 Å². The average Bonchev–Trinajstić information content (AvgIpc) is 2.19. The predicted molar refractivity (Wildman–Crippen MR) is 57.0 cm³/mol. The van der Waals surface area contributed by atoms with Crippen LogP contribution in [0.3, 0.4) is 0 Å². The number of benzene rings is 1. The normalized spacial score (nSPS) is 9.00. The van der Waals surface area contributed by atoms with Gasteiger partial charge in [0.15, 0.2) is 0 Å². The Bertz CT molecular complexity index is 450. The number of aliphatic carboxylic acids is 1. The Labute approximate surface area is 88.7 Å². The molecule has 0 saturated carbocycles. The maximum Gasteiger partial charge on any atom is 0.382 e. The van der Waals surface area contributed by atoms with Crippen LogP contribution < -0.4 is 4.74 Å². The lowest BCUT2D eigenvalue weighted by Gasteiger charge is -2.06. The maximum absolute atomic E-state index is 10.3. The van der Waals surface area contributed by atoms with Gasteiger partial charge in [-0.05, 0) is 37.1 Å². The van der Waals surface area contributed by atoms with E-state index in [1.807, 2.05) is 26.0 Å². The van der Waals surface area contributed by atoms with E-state index in [1.54, 1.807) is 0 Å². The molecule has 0 radical (unpaired) electrons. The summed E-state index contributed by atoms with van der Waals surface area (Å²) in [6, 6.07) is 3.67.